The maximum absolute atomic E-state index is 11.1. The SMILES string of the molecule is CC#C[C@H](CC(=O)O)c1ccc(OC2CCc3cc(-c4cccc(OC)c4OC)ccc32)cc1. The first kappa shape index (κ1) is 23.3. The van der Waals surface area contributed by atoms with E-state index in [2.05, 4.69) is 30.0 Å². The molecule has 0 amide bonds. The lowest BCUT2D eigenvalue weighted by molar-refractivity contribution is -0.137. The van der Waals surface area contributed by atoms with Crippen molar-refractivity contribution in [3.8, 4) is 40.2 Å². The van der Waals surface area contributed by atoms with E-state index in [0.717, 1.165) is 41.0 Å². The fourth-order valence-electron chi connectivity index (χ4n) is 4.53. The summed E-state index contributed by atoms with van der Waals surface area (Å²) in [6.45, 7) is 1.72. The molecule has 3 aromatic rings. The zero-order valence-corrected chi connectivity index (χ0v) is 19.6. The summed E-state index contributed by atoms with van der Waals surface area (Å²) in [5.74, 6) is 6.82. The van der Waals surface area contributed by atoms with Crippen LogP contribution in [0.5, 0.6) is 17.2 Å². The van der Waals surface area contributed by atoms with Gasteiger partial charge in [0.05, 0.1) is 26.6 Å². The average molecular weight is 457 g/mol. The van der Waals surface area contributed by atoms with Crippen molar-refractivity contribution in [3.05, 3.63) is 77.4 Å². The third kappa shape index (κ3) is 4.87. The van der Waals surface area contributed by atoms with Gasteiger partial charge in [-0.2, -0.15) is 0 Å². The van der Waals surface area contributed by atoms with E-state index in [1.807, 2.05) is 42.5 Å². The Morgan fingerprint density at radius 3 is 2.56 bits per heavy atom. The molecule has 3 aromatic carbocycles. The summed E-state index contributed by atoms with van der Waals surface area (Å²) < 4.78 is 17.4. The van der Waals surface area contributed by atoms with Gasteiger partial charge >= 0.3 is 5.97 Å². The lowest BCUT2D eigenvalue weighted by atomic mass is 9.96. The molecule has 0 fully saturated rings. The highest BCUT2D eigenvalue weighted by Gasteiger charge is 2.25. The molecule has 0 spiro atoms. The summed E-state index contributed by atoms with van der Waals surface area (Å²) in [6.07, 6.45) is 1.80. The second kappa shape index (κ2) is 10.4. The smallest absolute Gasteiger partial charge is 0.304 e. The van der Waals surface area contributed by atoms with Crippen LogP contribution in [-0.4, -0.2) is 25.3 Å². The lowest BCUT2D eigenvalue weighted by Crippen LogP contribution is -2.06. The van der Waals surface area contributed by atoms with Crippen molar-refractivity contribution >= 4 is 5.97 Å². The van der Waals surface area contributed by atoms with E-state index in [-0.39, 0.29) is 18.4 Å². The topological polar surface area (TPSA) is 65.0 Å². The van der Waals surface area contributed by atoms with Gasteiger partial charge in [0.1, 0.15) is 11.9 Å². The van der Waals surface area contributed by atoms with Gasteiger partial charge in [-0.3, -0.25) is 4.79 Å². The molecule has 0 radical (unpaired) electrons. The molecule has 0 heterocycles. The molecule has 0 saturated carbocycles. The quantitative estimate of drug-likeness (QED) is 0.420. The molecule has 174 valence electrons. The third-order valence-electron chi connectivity index (χ3n) is 6.14. The molecule has 1 aliphatic rings. The number of carbonyl (C=O) groups is 1. The van der Waals surface area contributed by atoms with Gasteiger partial charge in [0.2, 0.25) is 0 Å². The van der Waals surface area contributed by atoms with Gasteiger partial charge in [-0.25, -0.2) is 0 Å². The monoisotopic (exact) mass is 456 g/mol. The van der Waals surface area contributed by atoms with Crippen LogP contribution in [0.3, 0.4) is 0 Å². The predicted octanol–water partition coefficient (Wildman–Crippen LogP) is 6.02. The molecule has 1 aliphatic carbocycles. The number of fused-ring (bicyclic) bond motifs is 1. The summed E-state index contributed by atoms with van der Waals surface area (Å²) in [5.41, 5.74) is 5.42. The number of ether oxygens (including phenoxy) is 3. The van der Waals surface area contributed by atoms with Crippen LogP contribution in [0.15, 0.2) is 60.7 Å². The molecule has 4 rings (SSSR count). The highest BCUT2D eigenvalue weighted by molar-refractivity contribution is 5.75. The number of methoxy groups -OCH3 is 2. The van der Waals surface area contributed by atoms with E-state index in [1.165, 1.54) is 11.1 Å². The summed E-state index contributed by atoms with van der Waals surface area (Å²) in [6, 6.07) is 19.9. The van der Waals surface area contributed by atoms with Crippen LogP contribution in [0.2, 0.25) is 0 Å². The molecule has 2 atom stereocenters. The van der Waals surface area contributed by atoms with E-state index in [1.54, 1.807) is 21.1 Å². The van der Waals surface area contributed by atoms with Crippen LogP contribution in [0.4, 0.5) is 0 Å². The van der Waals surface area contributed by atoms with Gasteiger partial charge in [-0.05, 0) is 60.2 Å². The van der Waals surface area contributed by atoms with Crippen molar-refractivity contribution in [2.45, 2.75) is 38.2 Å². The number of para-hydroxylation sites is 1. The number of carboxylic acid groups (broad SMARTS) is 1. The second-order valence-corrected chi connectivity index (χ2v) is 8.21. The molecule has 1 N–H and O–H groups in total. The Labute approximate surface area is 200 Å². The van der Waals surface area contributed by atoms with Gasteiger partial charge < -0.3 is 19.3 Å². The Kier molecular flexibility index (Phi) is 7.08. The van der Waals surface area contributed by atoms with Gasteiger partial charge in [-0.15, -0.1) is 5.92 Å². The van der Waals surface area contributed by atoms with E-state index in [4.69, 9.17) is 19.3 Å². The van der Waals surface area contributed by atoms with Crippen LogP contribution in [-0.2, 0) is 11.2 Å². The maximum atomic E-state index is 11.1. The molecule has 0 bridgehead atoms. The van der Waals surface area contributed by atoms with Gasteiger partial charge in [0, 0.05) is 5.56 Å². The van der Waals surface area contributed by atoms with Crippen LogP contribution < -0.4 is 14.2 Å². The fourth-order valence-corrected chi connectivity index (χ4v) is 4.53. The number of rotatable bonds is 8. The third-order valence-corrected chi connectivity index (χ3v) is 6.14. The minimum absolute atomic E-state index is 0.0164. The van der Waals surface area contributed by atoms with Crippen LogP contribution in [0.25, 0.3) is 11.1 Å². The zero-order valence-electron chi connectivity index (χ0n) is 19.6. The lowest BCUT2D eigenvalue weighted by Gasteiger charge is -2.17. The Morgan fingerprint density at radius 1 is 1.09 bits per heavy atom. The Balaban J connectivity index is 1.52. The van der Waals surface area contributed by atoms with Gasteiger partial charge in [0.25, 0.3) is 0 Å². The molecule has 5 heteroatoms. The molecular weight excluding hydrogens is 428 g/mol. The van der Waals surface area contributed by atoms with E-state index in [9.17, 15) is 4.79 Å². The van der Waals surface area contributed by atoms with Crippen molar-refractivity contribution in [3.63, 3.8) is 0 Å². The Morgan fingerprint density at radius 2 is 1.88 bits per heavy atom. The summed E-state index contributed by atoms with van der Waals surface area (Å²) in [5, 5.41) is 9.15. The number of hydrogen-bond acceptors (Lipinski definition) is 4. The molecule has 0 saturated heterocycles. The fraction of sp³-hybridized carbons (Fsp3) is 0.276. The standard InChI is InChI=1S/C29H28O5/c1-4-6-20(18-28(30)31)19-9-13-23(14-10-19)34-26-16-12-21-17-22(11-15-24(21)26)25-7-5-8-27(32-2)29(25)33-3/h5,7-11,13-15,17,20,26H,12,16,18H2,1-3H3,(H,30,31)/t20-,26?/m1/s1. The second-order valence-electron chi connectivity index (χ2n) is 8.21. The number of aryl methyl sites for hydroxylation is 1. The molecule has 1 unspecified atom stereocenters. The summed E-state index contributed by atoms with van der Waals surface area (Å²) in [4.78, 5) is 11.1. The minimum atomic E-state index is -0.860. The first-order valence-electron chi connectivity index (χ1n) is 11.3. The minimum Gasteiger partial charge on any atom is -0.493 e. The summed E-state index contributed by atoms with van der Waals surface area (Å²) >= 11 is 0. The van der Waals surface area contributed by atoms with Crippen LogP contribution in [0, 0.1) is 11.8 Å². The van der Waals surface area contributed by atoms with Crippen LogP contribution in [0.1, 0.15) is 48.5 Å². The van der Waals surface area contributed by atoms with Crippen LogP contribution >= 0.6 is 0 Å². The zero-order chi connectivity index (χ0) is 24.1. The average Bonchev–Trinajstić information content (AvgIpc) is 3.25. The summed E-state index contributed by atoms with van der Waals surface area (Å²) in [7, 11) is 3.30. The van der Waals surface area contributed by atoms with Crippen molar-refractivity contribution in [2.24, 2.45) is 0 Å². The molecule has 0 aromatic heterocycles. The van der Waals surface area contributed by atoms with Crippen molar-refractivity contribution in [1.29, 1.82) is 0 Å². The Hall–Kier alpha value is -3.91. The van der Waals surface area contributed by atoms with Gasteiger partial charge in [0.15, 0.2) is 11.5 Å². The highest BCUT2D eigenvalue weighted by Crippen LogP contribution is 2.41. The number of aliphatic carboxylic acids is 1. The van der Waals surface area contributed by atoms with Gasteiger partial charge in [-0.1, -0.05) is 48.4 Å². The number of benzene rings is 3. The molecular formula is C29H28O5. The molecule has 0 aliphatic heterocycles. The van der Waals surface area contributed by atoms with E-state index < -0.39 is 5.97 Å². The normalized spacial score (nSPS) is 15.0. The number of hydrogen-bond donors (Lipinski definition) is 1. The first-order valence-corrected chi connectivity index (χ1v) is 11.3. The highest BCUT2D eigenvalue weighted by atomic mass is 16.5. The maximum Gasteiger partial charge on any atom is 0.304 e. The number of carboxylic acids is 1. The largest absolute Gasteiger partial charge is 0.493 e. The van der Waals surface area contributed by atoms with E-state index >= 15 is 0 Å². The first-order chi connectivity index (χ1) is 16.5. The van der Waals surface area contributed by atoms with Crippen molar-refractivity contribution in [2.75, 3.05) is 14.2 Å². The van der Waals surface area contributed by atoms with Crippen molar-refractivity contribution < 1.29 is 24.1 Å². The van der Waals surface area contributed by atoms with E-state index in [0.29, 0.717) is 5.75 Å². The van der Waals surface area contributed by atoms with Crippen molar-refractivity contribution in [1.82, 2.24) is 0 Å². The molecule has 5 nitrogen and oxygen atoms in total. The molecule has 34 heavy (non-hydrogen) atoms. The predicted molar refractivity (Wildman–Crippen MR) is 132 cm³/mol. The Bertz CT molecular complexity index is 1230.